The van der Waals surface area contributed by atoms with Crippen molar-refractivity contribution in [2.75, 3.05) is 0 Å². The third-order valence-electron chi connectivity index (χ3n) is 2.86. The van der Waals surface area contributed by atoms with Gasteiger partial charge >= 0.3 is 7.60 Å². The minimum atomic E-state index is -3.83. The van der Waals surface area contributed by atoms with Crippen LogP contribution in [0.25, 0.3) is 0 Å². The molecule has 0 radical (unpaired) electrons. The van der Waals surface area contributed by atoms with E-state index in [1.807, 2.05) is 0 Å². The first-order chi connectivity index (χ1) is 5.52. The highest BCUT2D eigenvalue weighted by Crippen LogP contribution is 2.48. The van der Waals surface area contributed by atoms with E-state index in [-0.39, 0.29) is 5.92 Å². The average Bonchev–Trinajstić information content (AvgIpc) is 2.03. The van der Waals surface area contributed by atoms with Gasteiger partial charge in [0.1, 0.15) is 0 Å². The summed E-state index contributed by atoms with van der Waals surface area (Å²) in [6.45, 7) is 1.68. The van der Waals surface area contributed by atoms with Gasteiger partial charge in [0.2, 0.25) is 0 Å². The highest BCUT2D eigenvalue weighted by molar-refractivity contribution is 7.52. The second kappa shape index (κ2) is 3.91. The summed E-state index contributed by atoms with van der Waals surface area (Å²) < 4.78 is 10.9. The molecule has 2 N–H and O–H groups in total. The maximum Gasteiger partial charge on any atom is 0.328 e. The van der Waals surface area contributed by atoms with Gasteiger partial charge in [0.15, 0.2) is 0 Å². The van der Waals surface area contributed by atoms with Gasteiger partial charge in [-0.2, -0.15) is 0 Å². The molecule has 0 aromatic heterocycles. The van der Waals surface area contributed by atoms with Gasteiger partial charge in [0.25, 0.3) is 0 Å². The highest BCUT2D eigenvalue weighted by atomic mass is 31.2. The fraction of sp³-hybridized carbons (Fsp3) is 1.00. The standard InChI is InChI=1S/C8H17O3P/c1-7(12(9,10)11)8-5-3-2-4-6-8/h7-8H,2-6H2,1H3,(H2,9,10,11)/t7-/m0/s1. The van der Waals surface area contributed by atoms with Crippen molar-refractivity contribution in [3.63, 3.8) is 0 Å². The van der Waals surface area contributed by atoms with Crippen LogP contribution in [-0.2, 0) is 4.57 Å². The van der Waals surface area contributed by atoms with Crippen molar-refractivity contribution in [2.45, 2.75) is 44.7 Å². The first kappa shape index (κ1) is 10.2. The summed E-state index contributed by atoms with van der Waals surface area (Å²) in [6.07, 6.45) is 5.48. The van der Waals surface area contributed by atoms with Crippen LogP contribution in [0.2, 0.25) is 0 Å². The first-order valence-corrected chi connectivity index (χ1v) is 6.25. The molecular weight excluding hydrogens is 175 g/mol. The van der Waals surface area contributed by atoms with Crippen LogP contribution in [0.3, 0.4) is 0 Å². The molecule has 0 heterocycles. The molecule has 1 fully saturated rings. The van der Waals surface area contributed by atoms with Gasteiger partial charge in [-0.15, -0.1) is 0 Å². The summed E-state index contributed by atoms with van der Waals surface area (Å²) in [6, 6.07) is 0. The van der Waals surface area contributed by atoms with Gasteiger partial charge in [0.05, 0.1) is 5.66 Å². The summed E-state index contributed by atoms with van der Waals surface area (Å²) in [4.78, 5) is 17.9. The molecule has 1 aliphatic rings. The fourth-order valence-electron chi connectivity index (χ4n) is 1.89. The Labute approximate surface area is 73.3 Å². The number of rotatable bonds is 2. The van der Waals surface area contributed by atoms with Crippen molar-refractivity contribution in [3.05, 3.63) is 0 Å². The van der Waals surface area contributed by atoms with E-state index in [0.717, 1.165) is 25.7 Å². The van der Waals surface area contributed by atoms with Gasteiger partial charge in [0, 0.05) is 0 Å². The van der Waals surface area contributed by atoms with E-state index in [9.17, 15) is 4.57 Å². The summed E-state index contributed by atoms with van der Waals surface area (Å²) >= 11 is 0. The molecule has 0 bridgehead atoms. The Morgan fingerprint density at radius 1 is 1.25 bits per heavy atom. The van der Waals surface area contributed by atoms with Crippen molar-refractivity contribution < 1.29 is 14.4 Å². The van der Waals surface area contributed by atoms with Crippen LogP contribution in [0.15, 0.2) is 0 Å². The molecule has 0 saturated heterocycles. The van der Waals surface area contributed by atoms with Gasteiger partial charge in [-0.3, -0.25) is 4.57 Å². The summed E-state index contributed by atoms with van der Waals surface area (Å²) in [7, 11) is -3.83. The normalized spacial score (nSPS) is 23.9. The van der Waals surface area contributed by atoms with E-state index in [2.05, 4.69) is 0 Å². The van der Waals surface area contributed by atoms with Crippen LogP contribution in [-0.4, -0.2) is 15.4 Å². The Kier molecular flexibility index (Phi) is 3.33. The van der Waals surface area contributed by atoms with E-state index in [1.165, 1.54) is 6.42 Å². The molecule has 0 aliphatic heterocycles. The molecule has 4 heteroatoms. The van der Waals surface area contributed by atoms with E-state index in [1.54, 1.807) is 6.92 Å². The lowest BCUT2D eigenvalue weighted by molar-refractivity contribution is 0.298. The highest BCUT2D eigenvalue weighted by Gasteiger charge is 2.32. The minimum Gasteiger partial charge on any atom is -0.324 e. The smallest absolute Gasteiger partial charge is 0.324 e. The topological polar surface area (TPSA) is 57.5 Å². The first-order valence-electron chi connectivity index (χ1n) is 4.57. The maximum absolute atomic E-state index is 10.9. The molecule has 0 spiro atoms. The van der Waals surface area contributed by atoms with Crippen molar-refractivity contribution in [1.82, 2.24) is 0 Å². The lowest BCUT2D eigenvalue weighted by Gasteiger charge is -2.27. The summed E-state index contributed by atoms with van der Waals surface area (Å²) in [5, 5.41) is 0. The molecule has 3 nitrogen and oxygen atoms in total. The minimum absolute atomic E-state index is 0.250. The molecule has 0 aromatic rings. The SMILES string of the molecule is C[C@@H](C1CCCCC1)P(=O)(O)O. The molecule has 1 atom stereocenters. The van der Waals surface area contributed by atoms with Gasteiger partial charge < -0.3 is 9.79 Å². The van der Waals surface area contributed by atoms with E-state index in [4.69, 9.17) is 9.79 Å². The van der Waals surface area contributed by atoms with E-state index >= 15 is 0 Å². The van der Waals surface area contributed by atoms with Crippen LogP contribution >= 0.6 is 7.60 Å². The molecule has 0 unspecified atom stereocenters. The zero-order valence-corrected chi connectivity index (χ0v) is 8.33. The van der Waals surface area contributed by atoms with Crippen LogP contribution in [0.1, 0.15) is 39.0 Å². The Bertz CT molecular complexity index is 181. The Balaban J connectivity index is 2.51. The third kappa shape index (κ3) is 2.58. The third-order valence-corrected chi connectivity index (χ3v) is 4.35. The van der Waals surface area contributed by atoms with Crippen LogP contribution in [0.5, 0.6) is 0 Å². The molecule has 1 saturated carbocycles. The predicted molar refractivity (Wildman–Crippen MR) is 48.1 cm³/mol. The molecule has 0 amide bonds. The molecule has 1 rings (SSSR count). The molecule has 1 aliphatic carbocycles. The van der Waals surface area contributed by atoms with E-state index < -0.39 is 13.3 Å². The molecule has 0 aromatic carbocycles. The summed E-state index contributed by atoms with van der Waals surface area (Å²) in [5.74, 6) is 0.250. The van der Waals surface area contributed by atoms with Gasteiger partial charge in [-0.05, 0) is 18.8 Å². The molecule has 72 valence electrons. The van der Waals surface area contributed by atoms with Crippen molar-refractivity contribution >= 4 is 7.60 Å². The Morgan fingerprint density at radius 2 is 1.75 bits per heavy atom. The molecule has 12 heavy (non-hydrogen) atoms. The van der Waals surface area contributed by atoms with Gasteiger partial charge in [-0.1, -0.05) is 26.2 Å². The fourth-order valence-corrected chi connectivity index (χ4v) is 2.74. The number of hydrogen-bond acceptors (Lipinski definition) is 1. The van der Waals surface area contributed by atoms with Crippen LogP contribution < -0.4 is 0 Å². The predicted octanol–water partition coefficient (Wildman–Crippen LogP) is 2.13. The number of hydrogen-bond donors (Lipinski definition) is 2. The van der Waals surface area contributed by atoms with Crippen LogP contribution in [0.4, 0.5) is 0 Å². The van der Waals surface area contributed by atoms with Gasteiger partial charge in [-0.25, -0.2) is 0 Å². The lowest BCUT2D eigenvalue weighted by atomic mass is 9.87. The largest absolute Gasteiger partial charge is 0.328 e. The zero-order valence-electron chi connectivity index (χ0n) is 7.44. The quantitative estimate of drug-likeness (QED) is 0.659. The zero-order chi connectivity index (χ0) is 9.19. The van der Waals surface area contributed by atoms with Crippen LogP contribution in [0, 0.1) is 5.92 Å². The lowest BCUT2D eigenvalue weighted by Crippen LogP contribution is -2.20. The second-order valence-electron chi connectivity index (χ2n) is 3.73. The second-order valence-corrected chi connectivity index (χ2v) is 5.72. The Morgan fingerprint density at radius 3 is 2.17 bits per heavy atom. The van der Waals surface area contributed by atoms with Crippen molar-refractivity contribution in [3.8, 4) is 0 Å². The monoisotopic (exact) mass is 192 g/mol. The average molecular weight is 192 g/mol. The van der Waals surface area contributed by atoms with E-state index in [0.29, 0.717) is 0 Å². The Hall–Kier alpha value is 0.150. The summed E-state index contributed by atoms with van der Waals surface area (Å²) in [5.41, 5.74) is -0.433. The molecular formula is C8H17O3P. The maximum atomic E-state index is 10.9. The van der Waals surface area contributed by atoms with Crippen molar-refractivity contribution in [1.29, 1.82) is 0 Å². The van der Waals surface area contributed by atoms with Crippen molar-refractivity contribution in [2.24, 2.45) is 5.92 Å².